The van der Waals surface area contributed by atoms with Crippen molar-refractivity contribution in [2.75, 3.05) is 26.2 Å². The van der Waals surface area contributed by atoms with E-state index in [1.54, 1.807) is 4.90 Å². The van der Waals surface area contributed by atoms with Crippen LogP contribution in [0.2, 0.25) is 0 Å². The molecular weight excluding hydrogens is 348 g/mol. The lowest BCUT2D eigenvalue weighted by Crippen LogP contribution is -2.38. The molecule has 0 saturated carbocycles. The summed E-state index contributed by atoms with van der Waals surface area (Å²) >= 11 is 3.38. The fourth-order valence-electron chi connectivity index (χ4n) is 2.32. The van der Waals surface area contributed by atoms with Gasteiger partial charge in [0.25, 0.3) is 0 Å². The Balaban J connectivity index is 1.56. The first kappa shape index (κ1) is 16.8. The molecule has 0 atom stereocenters. The highest BCUT2D eigenvalue weighted by atomic mass is 79.9. The van der Waals surface area contributed by atoms with Crippen molar-refractivity contribution in [2.24, 2.45) is 0 Å². The number of amides is 2. The van der Waals surface area contributed by atoms with Gasteiger partial charge in [0.05, 0.1) is 13.2 Å². The smallest absolute Gasteiger partial charge is 0.241 e. The molecule has 0 spiro atoms. The van der Waals surface area contributed by atoms with Crippen LogP contribution >= 0.6 is 15.9 Å². The van der Waals surface area contributed by atoms with Gasteiger partial charge in [-0.2, -0.15) is 0 Å². The summed E-state index contributed by atoms with van der Waals surface area (Å²) in [6, 6.07) is 7.59. The molecule has 120 valence electrons. The molecular formula is C16H21BrN2O3. The number of hydrogen-bond acceptors (Lipinski definition) is 3. The standard InChI is InChI=1S/C16H21BrN2O3/c17-13-5-3-6-14(11-13)22-10-4-7-15(20)18-12-16(21)19-8-1-2-9-19/h3,5-6,11H,1-2,4,7-10,12H2,(H,18,20). The van der Waals surface area contributed by atoms with Crippen molar-refractivity contribution in [3.05, 3.63) is 28.7 Å². The Hall–Kier alpha value is -1.56. The molecule has 1 aliphatic rings. The lowest BCUT2D eigenvalue weighted by atomic mass is 10.3. The summed E-state index contributed by atoms with van der Waals surface area (Å²) in [5.74, 6) is 0.681. The second-order valence-electron chi connectivity index (χ2n) is 5.27. The monoisotopic (exact) mass is 368 g/mol. The maximum absolute atomic E-state index is 11.8. The van der Waals surface area contributed by atoms with Gasteiger partial charge in [-0.15, -0.1) is 0 Å². The van der Waals surface area contributed by atoms with E-state index in [-0.39, 0.29) is 18.4 Å². The highest BCUT2D eigenvalue weighted by molar-refractivity contribution is 9.10. The quantitative estimate of drug-likeness (QED) is 0.751. The van der Waals surface area contributed by atoms with Gasteiger partial charge in [-0.25, -0.2) is 0 Å². The van der Waals surface area contributed by atoms with Gasteiger partial charge < -0.3 is 15.0 Å². The fourth-order valence-corrected chi connectivity index (χ4v) is 2.70. The summed E-state index contributed by atoms with van der Waals surface area (Å²) in [6.07, 6.45) is 3.11. The fraction of sp³-hybridized carbons (Fsp3) is 0.500. The molecule has 0 bridgehead atoms. The lowest BCUT2D eigenvalue weighted by Gasteiger charge is -2.15. The van der Waals surface area contributed by atoms with E-state index in [0.29, 0.717) is 19.4 Å². The SMILES string of the molecule is O=C(CCCOc1cccc(Br)c1)NCC(=O)N1CCCC1. The van der Waals surface area contributed by atoms with Crippen molar-refractivity contribution in [1.82, 2.24) is 10.2 Å². The molecule has 0 unspecified atom stereocenters. The number of nitrogens with zero attached hydrogens (tertiary/aromatic N) is 1. The molecule has 6 heteroatoms. The molecule has 0 radical (unpaired) electrons. The first-order chi connectivity index (χ1) is 10.6. The summed E-state index contributed by atoms with van der Waals surface area (Å²) in [7, 11) is 0. The van der Waals surface area contributed by atoms with E-state index in [1.807, 2.05) is 24.3 Å². The average molecular weight is 369 g/mol. The Morgan fingerprint density at radius 3 is 2.77 bits per heavy atom. The zero-order valence-corrected chi connectivity index (χ0v) is 14.1. The van der Waals surface area contributed by atoms with E-state index < -0.39 is 0 Å². The Morgan fingerprint density at radius 2 is 2.05 bits per heavy atom. The minimum Gasteiger partial charge on any atom is -0.494 e. The lowest BCUT2D eigenvalue weighted by molar-refractivity contribution is -0.132. The van der Waals surface area contributed by atoms with Crippen LogP contribution in [-0.4, -0.2) is 43.0 Å². The van der Waals surface area contributed by atoms with Crippen LogP contribution in [0.3, 0.4) is 0 Å². The first-order valence-electron chi connectivity index (χ1n) is 7.58. The maximum Gasteiger partial charge on any atom is 0.241 e. The first-order valence-corrected chi connectivity index (χ1v) is 8.37. The number of likely N-dealkylation sites (tertiary alicyclic amines) is 1. The Morgan fingerprint density at radius 1 is 1.27 bits per heavy atom. The minimum absolute atomic E-state index is 0.0104. The molecule has 22 heavy (non-hydrogen) atoms. The van der Waals surface area contributed by atoms with E-state index in [0.717, 1.165) is 36.2 Å². The van der Waals surface area contributed by atoms with Crippen LogP contribution in [-0.2, 0) is 9.59 Å². The highest BCUT2D eigenvalue weighted by Gasteiger charge is 2.17. The van der Waals surface area contributed by atoms with Gasteiger partial charge >= 0.3 is 0 Å². The predicted octanol–water partition coefficient (Wildman–Crippen LogP) is 2.35. The number of benzene rings is 1. The normalized spacial score (nSPS) is 14.0. The number of hydrogen-bond donors (Lipinski definition) is 1. The van der Waals surface area contributed by atoms with E-state index >= 15 is 0 Å². The Bertz CT molecular complexity index is 516. The van der Waals surface area contributed by atoms with E-state index in [9.17, 15) is 9.59 Å². The Labute approximate surface area is 139 Å². The third-order valence-corrected chi connectivity index (χ3v) is 4.00. The summed E-state index contributed by atoms with van der Waals surface area (Å²) < 4.78 is 6.52. The van der Waals surface area contributed by atoms with Crippen LogP contribution < -0.4 is 10.1 Å². The molecule has 1 aromatic rings. The van der Waals surface area contributed by atoms with Crippen molar-refractivity contribution < 1.29 is 14.3 Å². The summed E-state index contributed by atoms with van der Waals surface area (Å²) in [4.78, 5) is 25.3. The highest BCUT2D eigenvalue weighted by Crippen LogP contribution is 2.17. The van der Waals surface area contributed by atoms with E-state index in [4.69, 9.17) is 4.74 Å². The number of rotatable bonds is 7. The minimum atomic E-state index is -0.106. The van der Waals surface area contributed by atoms with Crippen LogP contribution in [0.15, 0.2) is 28.7 Å². The number of carbonyl (C=O) groups excluding carboxylic acids is 2. The second kappa shape index (κ2) is 8.78. The molecule has 2 rings (SSSR count). The molecule has 1 aliphatic heterocycles. The molecule has 1 saturated heterocycles. The molecule has 5 nitrogen and oxygen atoms in total. The summed E-state index contributed by atoms with van der Waals surface area (Å²) in [5.41, 5.74) is 0. The molecule has 1 heterocycles. The Kier molecular flexibility index (Phi) is 6.71. The van der Waals surface area contributed by atoms with Gasteiger partial charge in [0.2, 0.25) is 11.8 Å². The van der Waals surface area contributed by atoms with E-state index in [2.05, 4.69) is 21.2 Å². The molecule has 0 aromatic heterocycles. The van der Waals surface area contributed by atoms with Gasteiger partial charge in [0, 0.05) is 24.0 Å². The largest absolute Gasteiger partial charge is 0.494 e. The van der Waals surface area contributed by atoms with Gasteiger partial charge in [-0.05, 0) is 37.5 Å². The molecule has 1 N–H and O–H groups in total. The summed E-state index contributed by atoms with van der Waals surface area (Å²) in [6.45, 7) is 2.21. The molecule has 1 fully saturated rings. The van der Waals surface area contributed by atoms with Crippen molar-refractivity contribution >= 4 is 27.7 Å². The van der Waals surface area contributed by atoms with Crippen molar-refractivity contribution in [3.63, 3.8) is 0 Å². The average Bonchev–Trinajstić information content (AvgIpc) is 3.04. The van der Waals surface area contributed by atoms with Crippen molar-refractivity contribution in [1.29, 1.82) is 0 Å². The predicted molar refractivity (Wildman–Crippen MR) is 87.7 cm³/mol. The van der Waals surface area contributed by atoms with Gasteiger partial charge in [-0.3, -0.25) is 9.59 Å². The maximum atomic E-state index is 11.8. The van der Waals surface area contributed by atoms with Crippen LogP contribution in [0.5, 0.6) is 5.75 Å². The third-order valence-electron chi connectivity index (χ3n) is 3.51. The van der Waals surface area contributed by atoms with Crippen LogP contribution in [0.1, 0.15) is 25.7 Å². The number of carbonyl (C=O) groups is 2. The number of nitrogens with one attached hydrogen (secondary N) is 1. The molecule has 1 aromatic carbocycles. The van der Waals surface area contributed by atoms with Gasteiger partial charge in [0.15, 0.2) is 0 Å². The van der Waals surface area contributed by atoms with Gasteiger partial charge in [-0.1, -0.05) is 22.0 Å². The third kappa shape index (κ3) is 5.67. The molecule has 2 amide bonds. The topological polar surface area (TPSA) is 58.6 Å². The summed E-state index contributed by atoms with van der Waals surface area (Å²) in [5, 5.41) is 2.67. The van der Waals surface area contributed by atoms with E-state index in [1.165, 1.54) is 0 Å². The second-order valence-corrected chi connectivity index (χ2v) is 6.19. The number of halogens is 1. The number of ether oxygens (including phenoxy) is 1. The van der Waals surface area contributed by atoms with Crippen molar-refractivity contribution in [3.8, 4) is 5.75 Å². The van der Waals surface area contributed by atoms with Crippen LogP contribution in [0.4, 0.5) is 0 Å². The molecule has 0 aliphatic carbocycles. The zero-order valence-electron chi connectivity index (χ0n) is 12.5. The van der Waals surface area contributed by atoms with Crippen LogP contribution in [0, 0.1) is 0 Å². The van der Waals surface area contributed by atoms with Crippen molar-refractivity contribution in [2.45, 2.75) is 25.7 Å². The van der Waals surface area contributed by atoms with Crippen LogP contribution in [0.25, 0.3) is 0 Å². The zero-order chi connectivity index (χ0) is 15.8. The van der Waals surface area contributed by atoms with Gasteiger partial charge in [0.1, 0.15) is 5.75 Å².